The molecule has 0 spiro atoms. The van der Waals surface area contributed by atoms with Crippen LogP contribution in [0.1, 0.15) is 24.2 Å². The summed E-state index contributed by atoms with van der Waals surface area (Å²) < 4.78 is 10.5. The number of benzene rings is 1. The number of methoxy groups -OCH3 is 1. The third kappa shape index (κ3) is 3.31. The lowest BCUT2D eigenvalue weighted by molar-refractivity contribution is -0.144. The van der Waals surface area contributed by atoms with Crippen LogP contribution >= 0.6 is 0 Å². The molecule has 4 heteroatoms. The van der Waals surface area contributed by atoms with Gasteiger partial charge in [0, 0.05) is 24.8 Å². The molecular weight excluding hydrogens is 242 g/mol. The molecular formula is C15H15NO3. The SMILES string of the molecule is COc1cc(C(OC(C)=O)c2ccccc2)ccn1. The Bertz CT molecular complexity index is 554. The Hall–Kier alpha value is -2.36. The van der Waals surface area contributed by atoms with Crippen molar-refractivity contribution in [2.75, 3.05) is 7.11 Å². The number of carbonyl (C=O) groups excluding carboxylic acids is 1. The van der Waals surface area contributed by atoms with Gasteiger partial charge in [-0.05, 0) is 11.6 Å². The van der Waals surface area contributed by atoms with Crippen LogP contribution < -0.4 is 4.74 Å². The lowest BCUT2D eigenvalue weighted by atomic mass is 10.0. The van der Waals surface area contributed by atoms with Crippen molar-refractivity contribution in [2.45, 2.75) is 13.0 Å². The molecule has 1 atom stereocenters. The van der Waals surface area contributed by atoms with Crippen molar-refractivity contribution in [1.82, 2.24) is 4.98 Å². The van der Waals surface area contributed by atoms with E-state index in [1.165, 1.54) is 6.92 Å². The number of ether oxygens (including phenoxy) is 2. The zero-order valence-corrected chi connectivity index (χ0v) is 10.9. The van der Waals surface area contributed by atoms with Crippen molar-refractivity contribution < 1.29 is 14.3 Å². The highest BCUT2D eigenvalue weighted by Gasteiger charge is 2.17. The minimum absolute atomic E-state index is 0.329. The van der Waals surface area contributed by atoms with E-state index in [0.29, 0.717) is 5.88 Å². The second kappa shape index (κ2) is 6.00. The molecule has 0 aliphatic rings. The normalized spacial score (nSPS) is 11.7. The lowest BCUT2D eigenvalue weighted by Gasteiger charge is -2.18. The van der Waals surface area contributed by atoms with Crippen LogP contribution in [-0.2, 0) is 9.53 Å². The number of nitrogens with zero attached hydrogens (tertiary/aromatic N) is 1. The average molecular weight is 257 g/mol. The monoisotopic (exact) mass is 257 g/mol. The second-order valence-corrected chi connectivity index (χ2v) is 4.03. The van der Waals surface area contributed by atoms with Crippen molar-refractivity contribution in [2.24, 2.45) is 0 Å². The Kier molecular flexibility index (Phi) is 4.13. The number of pyridine rings is 1. The van der Waals surface area contributed by atoms with E-state index in [2.05, 4.69) is 4.98 Å². The first-order valence-electron chi connectivity index (χ1n) is 5.93. The minimum atomic E-state index is -0.449. The third-order valence-corrected chi connectivity index (χ3v) is 2.66. The first-order chi connectivity index (χ1) is 9.20. The standard InChI is InChI=1S/C15H15NO3/c1-11(17)19-15(12-6-4-3-5-7-12)13-8-9-16-14(10-13)18-2/h3-10,15H,1-2H3. The van der Waals surface area contributed by atoms with Crippen molar-refractivity contribution in [1.29, 1.82) is 0 Å². The summed E-state index contributed by atoms with van der Waals surface area (Å²) in [5.74, 6) is 0.162. The molecule has 0 fully saturated rings. The van der Waals surface area contributed by atoms with E-state index in [1.807, 2.05) is 36.4 Å². The van der Waals surface area contributed by atoms with Crippen molar-refractivity contribution in [3.8, 4) is 5.88 Å². The fourth-order valence-electron chi connectivity index (χ4n) is 1.82. The predicted molar refractivity (Wildman–Crippen MR) is 70.8 cm³/mol. The highest BCUT2D eigenvalue weighted by atomic mass is 16.5. The maximum atomic E-state index is 11.3. The molecule has 0 radical (unpaired) electrons. The average Bonchev–Trinajstić information content (AvgIpc) is 2.45. The predicted octanol–water partition coefficient (Wildman–Crippen LogP) is 2.74. The van der Waals surface area contributed by atoms with Crippen molar-refractivity contribution in [3.05, 3.63) is 59.8 Å². The van der Waals surface area contributed by atoms with E-state index >= 15 is 0 Å². The summed E-state index contributed by atoms with van der Waals surface area (Å²) in [7, 11) is 1.55. The van der Waals surface area contributed by atoms with E-state index in [0.717, 1.165) is 11.1 Å². The van der Waals surface area contributed by atoms with Crippen LogP contribution in [0.25, 0.3) is 0 Å². The molecule has 1 heterocycles. The van der Waals surface area contributed by atoms with E-state index in [9.17, 15) is 4.79 Å². The van der Waals surface area contributed by atoms with Gasteiger partial charge in [-0.2, -0.15) is 0 Å². The lowest BCUT2D eigenvalue weighted by Crippen LogP contribution is -2.10. The van der Waals surface area contributed by atoms with Crippen LogP contribution in [0.5, 0.6) is 5.88 Å². The number of hydrogen-bond acceptors (Lipinski definition) is 4. The Morgan fingerprint density at radius 2 is 1.89 bits per heavy atom. The van der Waals surface area contributed by atoms with Crippen LogP contribution in [-0.4, -0.2) is 18.1 Å². The molecule has 0 saturated heterocycles. The van der Waals surface area contributed by atoms with Gasteiger partial charge in [-0.15, -0.1) is 0 Å². The van der Waals surface area contributed by atoms with Gasteiger partial charge in [-0.1, -0.05) is 30.3 Å². The van der Waals surface area contributed by atoms with Gasteiger partial charge >= 0.3 is 5.97 Å². The fourth-order valence-corrected chi connectivity index (χ4v) is 1.82. The quantitative estimate of drug-likeness (QED) is 0.790. The Labute approximate surface area is 112 Å². The van der Waals surface area contributed by atoms with Crippen LogP contribution in [0.15, 0.2) is 48.7 Å². The number of hydrogen-bond donors (Lipinski definition) is 0. The molecule has 19 heavy (non-hydrogen) atoms. The summed E-state index contributed by atoms with van der Waals surface area (Å²) >= 11 is 0. The van der Waals surface area contributed by atoms with E-state index in [-0.39, 0.29) is 5.97 Å². The van der Waals surface area contributed by atoms with E-state index in [4.69, 9.17) is 9.47 Å². The number of esters is 1. The van der Waals surface area contributed by atoms with Gasteiger partial charge in [-0.25, -0.2) is 4.98 Å². The maximum absolute atomic E-state index is 11.3. The molecule has 1 aromatic carbocycles. The molecule has 0 aliphatic heterocycles. The molecule has 4 nitrogen and oxygen atoms in total. The Balaban J connectivity index is 2.39. The van der Waals surface area contributed by atoms with Gasteiger partial charge in [0.15, 0.2) is 6.10 Å². The van der Waals surface area contributed by atoms with Crippen molar-refractivity contribution >= 4 is 5.97 Å². The van der Waals surface area contributed by atoms with E-state index < -0.39 is 6.10 Å². The zero-order valence-electron chi connectivity index (χ0n) is 10.9. The molecule has 0 aliphatic carbocycles. The smallest absolute Gasteiger partial charge is 0.303 e. The summed E-state index contributed by atoms with van der Waals surface area (Å²) in [5.41, 5.74) is 1.74. The van der Waals surface area contributed by atoms with Crippen LogP contribution in [0.4, 0.5) is 0 Å². The summed E-state index contributed by atoms with van der Waals surface area (Å²) in [6.45, 7) is 1.40. The molecule has 2 rings (SSSR count). The molecule has 0 amide bonds. The van der Waals surface area contributed by atoms with Gasteiger partial charge in [0.1, 0.15) is 0 Å². The second-order valence-electron chi connectivity index (χ2n) is 4.03. The molecule has 0 N–H and O–H groups in total. The first-order valence-corrected chi connectivity index (χ1v) is 5.93. The van der Waals surface area contributed by atoms with Gasteiger partial charge in [-0.3, -0.25) is 4.79 Å². The van der Waals surface area contributed by atoms with Crippen molar-refractivity contribution in [3.63, 3.8) is 0 Å². The zero-order chi connectivity index (χ0) is 13.7. The summed E-state index contributed by atoms with van der Waals surface area (Å²) in [5, 5.41) is 0. The molecule has 0 bridgehead atoms. The topological polar surface area (TPSA) is 48.4 Å². The van der Waals surface area contributed by atoms with Gasteiger partial charge in [0.05, 0.1) is 7.11 Å². The fraction of sp³-hybridized carbons (Fsp3) is 0.200. The van der Waals surface area contributed by atoms with Gasteiger partial charge in [0.25, 0.3) is 0 Å². The molecule has 98 valence electrons. The largest absolute Gasteiger partial charge is 0.481 e. The van der Waals surface area contributed by atoms with Crippen LogP contribution in [0, 0.1) is 0 Å². The van der Waals surface area contributed by atoms with Crippen LogP contribution in [0.2, 0.25) is 0 Å². The minimum Gasteiger partial charge on any atom is -0.481 e. The molecule has 1 aromatic heterocycles. The maximum Gasteiger partial charge on any atom is 0.303 e. The summed E-state index contributed by atoms with van der Waals surface area (Å²) in [4.78, 5) is 15.3. The van der Waals surface area contributed by atoms with Gasteiger partial charge in [0.2, 0.25) is 5.88 Å². The molecule has 2 aromatic rings. The van der Waals surface area contributed by atoms with Gasteiger partial charge < -0.3 is 9.47 Å². The third-order valence-electron chi connectivity index (χ3n) is 2.66. The number of aromatic nitrogens is 1. The van der Waals surface area contributed by atoms with Crippen LogP contribution in [0.3, 0.4) is 0 Å². The molecule has 0 saturated carbocycles. The Morgan fingerprint density at radius 3 is 2.53 bits per heavy atom. The molecule has 1 unspecified atom stereocenters. The van der Waals surface area contributed by atoms with E-state index in [1.54, 1.807) is 19.4 Å². The summed E-state index contributed by atoms with van der Waals surface area (Å²) in [6, 6.07) is 13.1. The number of rotatable bonds is 4. The summed E-state index contributed by atoms with van der Waals surface area (Å²) in [6.07, 6.45) is 1.18. The highest BCUT2D eigenvalue weighted by Crippen LogP contribution is 2.27. The Morgan fingerprint density at radius 1 is 1.16 bits per heavy atom. The first kappa shape index (κ1) is 13.1. The highest BCUT2D eigenvalue weighted by molar-refractivity contribution is 5.66. The number of carbonyl (C=O) groups is 1.